The Morgan fingerprint density at radius 2 is 2.15 bits per heavy atom. The quantitative estimate of drug-likeness (QED) is 0.891. The van der Waals surface area contributed by atoms with E-state index in [1.54, 1.807) is 0 Å². The summed E-state index contributed by atoms with van der Waals surface area (Å²) in [5, 5.41) is 4.89. The van der Waals surface area contributed by atoms with E-state index in [0.29, 0.717) is 6.42 Å². The van der Waals surface area contributed by atoms with Crippen LogP contribution in [0, 0.1) is 0 Å². The zero-order chi connectivity index (χ0) is 14.8. The van der Waals surface area contributed by atoms with Crippen molar-refractivity contribution >= 4 is 17.5 Å². The van der Waals surface area contributed by atoms with E-state index in [2.05, 4.69) is 15.4 Å². The Morgan fingerprint density at radius 3 is 2.75 bits per heavy atom. The molecule has 0 unspecified atom stereocenters. The predicted molar refractivity (Wildman–Crippen MR) is 62.9 cm³/mol. The summed E-state index contributed by atoms with van der Waals surface area (Å²) in [6.07, 6.45) is -4.17. The number of anilines is 1. The Bertz CT molecular complexity index is 531. The van der Waals surface area contributed by atoms with Crippen LogP contribution in [-0.2, 0) is 9.59 Å². The highest BCUT2D eigenvalue weighted by Gasteiger charge is 2.31. The number of ether oxygens (including phenoxy) is 1. The van der Waals surface area contributed by atoms with Crippen LogP contribution in [-0.4, -0.2) is 24.2 Å². The highest BCUT2D eigenvalue weighted by atomic mass is 19.4. The minimum Gasteiger partial charge on any atom is -0.406 e. The summed E-state index contributed by atoms with van der Waals surface area (Å²) in [7, 11) is 0. The highest BCUT2D eigenvalue weighted by Crippen LogP contribution is 2.25. The molecule has 0 bridgehead atoms. The molecule has 2 rings (SSSR count). The molecule has 0 aromatic heterocycles. The van der Waals surface area contributed by atoms with Crippen LogP contribution in [0.1, 0.15) is 12.8 Å². The van der Waals surface area contributed by atoms with Crippen molar-refractivity contribution in [2.24, 2.45) is 0 Å². The maximum absolute atomic E-state index is 12.1. The molecule has 1 heterocycles. The van der Waals surface area contributed by atoms with E-state index in [9.17, 15) is 22.8 Å². The zero-order valence-corrected chi connectivity index (χ0v) is 10.2. The minimum absolute atomic E-state index is 0.165. The smallest absolute Gasteiger partial charge is 0.406 e. The van der Waals surface area contributed by atoms with Gasteiger partial charge in [-0.3, -0.25) is 9.59 Å². The fourth-order valence-electron chi connectivity index (χ4n) is 1.81. The molecule has 1 fully saturated rings. The molecule has 1 atom stereocenters. The van der Waals surface area contributed by atoms with Gasteiger partial charge in [-0.1, -0.05) is 6.07 Å². The SMILES string of the molecule is O=C1CC[C@H](C(=O)Nc2cccc(OC(F)(F)F)c2)N1. The largest absolute Gasteiger partial charge is 0.573 e. The molecular formula is C12H11F3N2O3. The number of alkyl halides is 3. The molecule has 0 saturated carbocycles. The van der Waals surface area contributed by atoms with Gasteiger partial charge in [0, 0.05) is 18.2 Å². The zero-order valence-electron chi connectivity index (χ0n) is 10.2. The molecule has 1 aromatic carbocycles. The molecule has 0 radical (unpaired) electrons. The third kappa shape index (κ3) is 3.87. The van der Waals surface area contributed by atoms with Gasteiger partial charge in [-0.2, -0.15) is 0 Å². The minimum atomic E-state index is -4.79. The second-order valence-electron chi connectivity index (χ2n) is 4.22. The van der Waals surface area contributed by atoms with Crippen LogP contribution in [0.2, 0.25) is 0 Å². The average molecular weight is 288 g/mol. The fraction of sp³-hybridized carbons (Fsp3) is 0.333. The summed E-state index contributed by atoms with van der Waals surface area (Å²) in [5.74, 6) is -1.12. The van der Waals surface area contributed by atoms with Crippen molar-refractivity contribution in [3.8, 4) is 5.75 Å². The van der Waals surface area contributed by atoms with Crippen molar-refractivity contribution in [2.75, 3.05) is 5.32 Å². The molecule has 8 heteroatoms. The third-order valence-corrected chi connectivity index (χ3v) is 2.65. The maximum atomic E-state index is 12.1. The lowest BCUT2D eigenvalue weighted by Gasteiger charge is -2.13. The molecule has 20 heavy (non-hydrogen) atoms. The lowest BCUT2D eigenvalue weighted by molar-refractivity contribution is -0.274. The summed E-state index contributed by atoms with van der Waals surface area (Å²) in [4.78, 5) is 22.8. The van der Waals surface area contributed by atoms with Gasteiger partial charge in [0.05, 0.1) is 0 Å². The number of rotatable bonds is 3. The summed E-state index contributed by atoms with van der Waals surface area (Å²) in [6.45, 7) is 0. The molecule has 0 aliphatic carbocycles. The Morgan fingerprint density at radius 1 is 1.40 bits per heavy atom. The van der Waals surface area contributed by atoms with E-state index < -0.39 is 24.1 Å². The summed E-state index contributed by atoms with van der Waals surface area (Å²) in [6, 6.07) is 4.28. The molecule has 2 amide bonds. The van der Waals surface area contributed by atoms with E-state index in [1.807, 2.05) is 0 Å². The van der Waals surface area contributed by atoms with Gasteiger partial charge in [0.15, 0.2) is 0 Å². The second kappa shape index (κ2) is 5.40. The first kappa shape index (κ1) is 14.2. The van der Waals surface area contributed by atoms with Crippen LogP contribution in [0.3, 0.4) is 0 Å². The van der Waals surface area contributed by atoms with Crippen molar-refractivity contribution in [1.29, 1.82) is 0 Å². The Labute approximate surface area is 112 Å². The molecule has 108 valence electrons. The van der Waals surface area contributed by atoms with Crippen molar-refractivity contribution < 1.29 is 27.5 Å². The van der Waals surface area contributed by atoms with Gasteiger partial charge < -0.3 is 15.4 Å². The number of hydrogen-bond donors (Lipinski definition) is 2. The first-order valence-corrected chi connectivity index (χ1v) is 5.79. The van der Waals surface area contributed by atoms with Crippen molar-refractivity contribution in [3.63, 3.8) is 0 Å². The van der Waals surface area contributed by atoms with E-state index >= 15 is 0 Å². The molecule has 1 aliphatic heterocycles. The fourth-order valence-corrected chi connectivity index (χ4v) is 1.81. The molecule has 1 aromatic rings. The maximum Gasteiger partial charge on any atom is 0.573 e. The Kier molecular flexibility index (Phi) is 3.82. The summed E-state index contributed by atoms with van der Waals surface area (Å²) in [5.41, 5.74) is 0.165. The normalized spacial score (nSPS) is 18.6. The number of nitrogens with one attached hydrogen (secondary N) is 2. The van der Waals surface area contributed by atoms with Crippen molar-refractivity contribution in [1.82, 2.24) is 5.32 Å². The molecular weight excluding hydrogens is 277 g/mol. The van der Waals surface area contributed by atoms with Crippen LogP contribution in [0.4, 0.5) is 18.9 Å². The molecule has 5 nitrogen and oxygen atoms in total. The Balaban J connectivity index is 2.01. The lowest BCUT2D eigenvalue weighted by atomic mass is 10.2. The standard InChI is InChI=1S/C12H11F3N2O3/c13-12(14,15)20-8-3-1-2-7(6-8)16-11(19)9-4-5-10(18)17-9/h1-3,6,9H,4-5H2,(H,16,19)(H,17,18)/t9-/m1/s1. The molecule has 1 saturated heterocycles. The van der Waals surface area contributed by atoms with Crippen LogP contribution in [0.5, 0.6) is 5.75 Å². The predicted octanol–water partition coefficient (Wildman–Crippen LogP) is 1.80. The average Bonchev–Trinajstić information content (AvgIpc) is 2.74. The van der Waals surface area contributed by atoms with Crippen molar-refractivity contribution in [3.05, 3.63) is 24.3 Å². The van der Waals surface area contributed by atoms with Crippen LogP contribution >= 0.6 is 0 Å². The monoisotopic (exact) mass is 288 g/mol. The number of hydrogen-bond acceptors (Lipinski definition) is 3. The van der Waals surface area contributed by atoms with E-state index in [0.717, 1.165) is 12.1 Å². The number of carbonyl (C=O) groups excluding carboxylic acids is 2. The van der Waals surface area contributed by atoms with Crippen molar-refractivity contribution in [2.45, 2.75) is 25.2 Å². The summed E-state index contributed by atoms with van der Waals surface area (Å²) < 4.78 is 39.9. The molecule has 0 spiro atoms. The van der Waals surface area contributed by atoms with E-state index in [-0.39, 0.29) is 18.0 Å². The van der Waals surface area contributed by atoms with Crippen LogP contribution < -0.4 is 15.4 Å². The first-order valence-electron chi connectivity index (χ1n) is 5.79. The van der Waals surface area contributed by atoms with Gasteiger partial charge in [0.25, 0.3) is 0 Å². The molecule has 2 N–H and O–H groups in total. The number of carbonyl (C=O) groups is 2. The summed E-state index contributed by atoms with van der Waals surface area (Å²) >= 11 is 0. The molecule has 1 aliphatic rings. The van der Waals surface area contributed by atoms with Gasteiger partial charge in [-0.15, -0.1) is 13.2 Å². The van der Waals surface area contributed by atoms with Gasteiger partial charge in [0.1, 0.15) is 11.8 Å². The second-order valence-corrected chi connectivity index (χ2v) is 4.22. The van der Waals surface area contributed by atoms with E-state index in [1.165, 1.54) is 12.1 Å². The number of amides is 2. The number of benzene rings is 1. The topological polar surface area (TPSA) is 67.4 Å². The van der Waals surface area contributed by atoms with Gasteiger partial charge >= 0.3 is 6.36 Å². The Hall–Kier alpha value is -2.25. The first-order chi connectivity index (χ1) is 9.33. The third-order valence-electron chi connectivity index (χ3n) is 2.65. The van der Waals surface area contributed by atoms with Gasteiger partial charge in [0.2, 0.25) is 11.8 Å². The van der Waals surface area contributed by atoms with E-state index in [4.69, 9.17) is 0 Å². The lowest BCUT2D eigenvalue weighted by Crippen LogP contribution is -2.37. The van der Waals surface area contributed by atoms with Gasteiger partial charge in [-0.05, 0) is 18.6 Å². The number of halogens is 3. The highest BCUT2D eigenvalue weighted by molar-refractivity contribution is 5.99. The van der Waals surface area contributed by atoms with Crippen LogP contribution in [0.15, 0.2) is 24.3 Å². The van der Waals surface area contributed by atoms with Crippen LogP contribution in [0.25, 0.3) is 0 Å². The van der Waals surface area contributed by atoms with Gasteiger partial charge in [-0.25, -0.2) is 0 Å².